The molecule has 0 aromatic heterocycles. The second-order valence-corrected chi connectivity index (χ2v) is 6.31. The fourth-order valence-electron chi connectivity index (χ4n) is 0.915. The number of carbonyl (C=O) groups is 2. The lowest BCUT2D eigenvalue weighted by Crippen LogP contribution is -2.35. The average Bonchev–Trinajstić information content (AvgIpc) is 2.16. The summed E-state index contributed by atoms with van der Waals surface area (Å²) in [4.78, 5) is 22.6. The Kier molecular flexibility index (Phi) is 8.47. The molecule has 108 valence electrons. The maximum absolute atomic E-state index is 10.5. The van der Waals surface area contributed by atoms with Crippen LogP contribution in [0.1, 0.15) is 27.7 Å². The van der Waals surface area contributed by atoms with Crippen molar-refractivity contribution in [3.63, 3.8) is 0 Å². The summed E-state index contributed by atoms with van der Waals surface area (Å²) in [6.45, 7) is 7.35. The van der Waals surface area contributed by atoms with Gasteiger partial charge in [0.25, 0.3) is 0 Å². The molecule has 0 bridgehead atoms. The van der Waals surface area contributed by atoms with Gasteiger partial charge in [0.05, 0.1) is 10.8 Å². The molecule has 0 saturated heterocycles. The number of halogens is 1. The molecular formula is C12H24BrNO4. The minimum absolute atomic E-state index is 0.495. The zero-order valence-electron chi connectivity index (χ0n) is 12.0. The Hall–Kier alpha value is -0.620. The second-order valence-electron chi connectivity index (χ2n) is 5.75. The predicted octanol–water partition coefficient (Wildman–Crippen LogP) is 2.15. The molecule has 0 atom stereocenters. The van der Waals surface area contributed by atoms with Gasteiger partial charge in [-0.3, -0.25) is 9.59 Å². The van der Waals surface area contributed by atoms with Crippen molar-refractivity contribution in [3.05, 3.63) is 0 Å². The van der Waals surface area contributed by atoms with Gasteiger partial charge in [0, 0.05) is 11.9 Å². The van der Waals surface area contributed by atoms with E-state index in [1.54, 1.807) is 27.7 Å². The number of hydrogen-bond donors (Lipinski definition) is 2. The Balaban J connectivity index is 0. The van der Waals surface area contributed by atoms with Crippen LogP contribution < -0.4 is 0 Å². The van der Waals surface area contributed by atoms with Crippen LogP contribution in [0.2, 0.25) is 0 Å². The van der Waals surface area contributed by atoms with Crippen molar-refractivity contribution in [2.24, 2.45) is 10.8 Å². The Labute approximate surface area is 117 Å². The molecule has 18 heavy (non-hydrogen) atoms. The number of alkyl halides is 1. The highest BCUT2D eigenvalue weighted by Crippen LogP contribution is 2.17. The van der Waals surface area contributed by atoms with E-state index in [0.717, 1.165) is 0 Å². The smallest absolute Gasteiger partial charge is 0.310 e. The van der Waals surface area contributed by atoms with Crippen LogP contribution in [0.5, 0.6) is 0 Å². The minimum Gasteiger partial charge on any atom is -0.481 e. The molecule has 0 radical (unpaired) electrons. The normalized spacial score (nSPS) is 11.8. The first-order valence-corrected chi connectivity index (χ1v) is 6.66. The van der Waals surface area contributed by atoms with Crippen molar-refractivity contribution in [3.8, 4) is 0 Å². The minimum atomic E-state index is -0.769. The first-order chi connectivity index (χ1) is 7.86. The molecule has 0 saturated carbocycles. The number of hydrogen-bond acceptors (Lipinski definition) is 3. The fourth-order valence-corrected chi connectivity index (χ4v) is 1.16. The summed E-state index contributed by atoms with van der Waals surface area (Å²) in [6, 6.07) is 0. The Bertz CT molecular complexity index is 288. The van der Waals surface area contributed by atoms with Gasteiger partial charge in [-0.05, 0) is 41.8 Å². The van der Waals surface area contributed by atoms with Crippen LogP contribution >= 0.6 is 15.9 Å². The highest BCUT2D eigenvalue weighted by Gasteiger charge is 2.27. The average molecular weight is 326 g/mol. The van der Waals surface area contributed by atoms with Crippen molar-refractivity contribution in [1.29, 1.82) is 0 Å². The lowest BCUT2D eigenvalue weighted by atomic mass is 9.93. The zero-order chi connectivity index (χ0) is 15.1. The Morgan fingerprint density at radius 3 is 1.39 bits per heavy atom. The lowest BCUT2D eigenvalue weighted by Gasteiger charge is -2.22. The zero-order valence-corrected chi connectivity index (χ0v) is 13.5. The summed E-state index contributed by atoms with van der Waals surface area (Å²) in [7, 11) is 3.73. The van der Waals surface area contributed by atoms with Crippen LogP contribution in [0.15, 0.2) is 0 Å². The summed E-state index contributed by atoms with van der Waals surface area (Å²) >= 11 is 3.09. The molecule has 0 heterocycles. The second kappa shape index (κ2) is 7.74. The van der Waals surface area contributed by atoms with Gasteiger partial charge < -0.3 is 15.1 Å². The molecule has 2 N–H and O–H groups in total. The van der Waals surface area contributed by atoms with Gasteiger partial charge in [0.2, 0.25) is 0 Å². The van der Waals surface area contributed by atoms with E-state index in [9.17, 15) is 9.59 Å². The van der Waals surface area contributed by atoms with E-state index in [0.29, 0.717) is 11.9 Å². The summed E-state index contributed by atoms with van der Waals surface area (Å²) in [6.07, 6.45) is 0. The molecule has 5 nitrogen and oxygen atoms in total. The quantitative estimate of drug-likeness (QED) is 0.757. The van der Waals surface area contributed by atoms with Gasteiger partial charge in [-0.15, -0.1) is 0 Å². The third-order valence-corrected chi connectivity index (χ3v) is 3.61. The van der Waals surface area contributed by atoms with Crippen molar-refractivity contribution in [2.75, 3.05) is 26.0 Å². The third-order valence-electron chi connectivity index (χ3n) is 2.20. The highest BCUT2D eigenvalue weighted by molar-refractivity contribution is 9.09. The number of nitrogens with zero attached hydrogens (tertiary/aromatic N) is 1. The van der Waals surface area contributed by atoms with Gasteiger partial charge in [-0.25, -0.2) is 0 Å². The molecule has 0 aromatic rings. The molecule has 0 rings (SSSR count). The SMILES string of the molecule is CC(C)(CBr)C(=O)O.CN(C)CC(C)(C)C(=O)O. The van der Waals surface area contributed by atoms with E-state index in [4.69, 9.17) is 10.2 Å². The molecule has 6 heteroatoms. The monoisotopic (exact) mass is 325 g/mol. The van der Waals surface area contributed by atoms with E-state index >= 15 is 0 Å². The maximum atomic E-state index is 10.5. The van der Waals surface area contributed by atoms with Crippen molar-refractivity contribution in [1.82, 2.24) is 4.90 Å². The van der Waals surface area contributed by atoms with Crippen LogP contribution in [0.3, 0.4) is 0 Å². The van der Waals surface area contributed by atoms with Gasteiger partial charge in [-0.1, -0.05) is 15.9 Å². The van der Waals surface area contributed by atoms with Crippen LogP contribution in [-0.4, -0.2) is 53.0 Å². The predicted molar refractivity (Wildman–Crippen MR) is 75.2 cm³/mol. The third kappa shape index (κ3) is 8.47. The number of rotatable bonds is 5. The van der Waals surface area contributed by atoms with Crippen molar-refractivity contribution >= 4 is 27.9 Å². The molecular weight excluding hydrogens is 302 g/mol. The maximum Gasteiger partial charge on any atom is 0.310 e. The first-order valence-electron chi connectivity index (χ1n) is 5.54. The summed E-state index contributed by atoms with van der Waals surface area (Å²) in [5.74, 6) is -1.52. The molecule has 0 aromatic carbocycles. The molecule has 0 aliphatic heterocycles. The van der Waals surface area contributed by atoms with Gasteiger partial charge in [-0.2, -0.15) is 0 Å². The number of aliphatic carboxylic acids is 2. The van der Waals surface area contributed by atoms with Crippen LogP contribution in [0, 0.1) is 10.8 Å². The number of carboxylic acid groups (broad SMARTS) is 2. The lowest BCUT2D eigenvalue weighted by molar-refractivity contribution is -0.147. The first kappa shape index (κ1) is 19.7. The van der Waals surface area contributed by atoms with E-state index in [2.05, 4.69) is 15.9 Å². The van der Waals surface area contributed by atoms with Crippen LogP contribution in [0.25, 0.3) is 0 Å². The van der Waals surface area contributed by atoms with E-state index < -0.39 is 22.8 Å². The number of carboxylic acids is 2. The van der Waals surface area contributed by atoms with Gasteiger partial charge in [0.1, 0.15) is 0 Å². The van der Waals surface area contributed by atoms with Gasteiger partial charge in [0.15, 0.2) is 0 Å². The van der Waals surface area contributed by atoms with Crippen molar-refractivity contribution < 1.29 is 19.8 Å². The van der Waals surface area contributed by atoms with Gasteiger partial charge >= 0.3 is 11.9 Å². The van der Waals surface area contributed by atoms with Crippen molar-refractivity contribution in [2.45, 2.75) is 27.7 Å². The summed E-state index contributed by atoms with van der Waals surface area (Å²) in [5, 5.41) is 17.6. The fraction of sp³-hybridized carbons (Fsp3) is 0.833. The topological polar surface area (TPSA) is 77.8 Å². The molecule has 0 fully saturated rings. The Morgan fingerprint density at radius 2 is 1.33 bits per heavy atom. The summed E-state index contributed by atoms with van der Waals surface area (Å²) in [5.41, 5.74) is -1.26. The van der Waals surface area contributed by atoms with E-state index in [-0.39, 0.29) is 0 Å². The molecule has 0 unspecified atom stereocenters. The molecule has 0 aliphatic carbocycles. The van der Waals surface area contributed by atoms with E-state index in [1.807, 2.05) is 19.0 Å². The van der Waals surface area contributed by atoms with Crippen LogP contribution in [0.4, 0.5) is 0 Å². The molecule has 0 spiro atoms. The standard InChI is InChI=1S/C7H15NO2.C5H9BrO2/c1-7(2,6(9)10)5-8(3)4;1-5(2,3-6)4(7)8/h5H2,1-4H3,(H,9,10);3H2,1-2H3,(H,7,8). The van der Waals surface area contributed by atoms with E-state index in [1.165, 1.54) is 0 Å². The Morgan fingerprint density at radius 1 is 1.00 bits per heavy atom. The molecule has 0 amide bonds. The highest BCUT2D eigenvalue weighted by atomic mass is 79.9. The molecule has 0 aliphatic rings. The van der Waals surface area contributed by atoms with Crippen LogP contribution in [-0.2, 0) is 9.59 Å². The summed E-state index contributed by atoms with van der Waals surface area (Å²) < 4.78 is 0. The largest absolute Gasteiger partial charge is 0.481 e.